The minimum absolute atomic E-state index is 0. The Morgan fingerprint density at radius 3 is 2.10 bits per heavy atom. The van der Waals surface area contributed by atoms with Crippen molar-refractivity contribution in [2.75, 3.05) is 5.73 Å². The number of benzene rings is 2. The van der Waals surface area contributed by atoms with Gasteiger partial charge in [-0.2, -0.15) is 0 Å². The molecule has 2 rings (SSSR count). The first-order valence-electron chi connectivity index (χ1n) is 5.41. The maximum atomic E-state index is 12.2. The van der Waals surface area contributed by atoms with Crippen LogP contribution in [0.3, 0.4) is 0 Å². The number of hydrogen-bond acceptors (Lipinski definition) is 4. The number of aromatic carboxylic acids is 1. The Labute approximate surface area is 146 Å². The number of carbonyl (C=O) groups is 2. The van der Waals surface area contributed by atoms with Gasteiger partial charge in [0.15, 0.2) is 5.78 Å². The van der Waals surface area contributed by atoms with Crippen LogP contribution in [-0.4, -0.2) is 11.8 Å². The first-order valence-corrected chi connectivity index (χ1v) is 6.20. The number of carbonyl (C=O) groups excluding carboxylic acids is 2. The van der Waals surface area contributed by atoms with E-state index in [0.29, 0.717) is 5.56 Å². The number of nitrogens with two attached hydrogens (primary N) is 1. The Morgan fingerprint density at radius 1 is 1.00 bits per heavy atom. The number of anilines is 1. The first kappa shape index (κ1) is 16.9. The molecule has 0 fully saturated rings. The third kappa shape index (κ3) is 3.49. The quantitative estimate of drug-likeness (QED) is 0.424. The Balaban J connectivity index is 0.00000200. The smallest absolute Gasteiger partial charge is 0.545 e. The topological polar surface area (TPSA) is 83.2 Å². The summed E-state index contributed by atoms with van der Waals surface area (Å²) in [5.41, 5.74) is 6.04. The van der Waals surface area contributed by atoms with Crippen LogP contribution in [0.1, 0.15) is 26.3 Å². The van der Waals surface area contributed by atoms with Crippen molar-refractivity contribution in [3.05, 3.63) is 63.6 Å². The second kappa shape index (κ2) is 7.04. The van der Waals surface area contributed by atoms with Gasteiger partial charge in [-0.15, -0.1) is 0 Å². The minimum Gasteiger partial charge on any atom is -0.545 e. The molecule has 96 valence electrons. The van der Waals surface area contributed by atoms with E-state index < -0.39 is 5.97 Å². The summed E-state index contributed by atoms with van der Waals surface area (Å²) in [7, 11) is 0. The third-order valence-corrected chi connectivity index (χ3v) is 3.21. The molecule has 0 heterocycles. The van der Waals surface area contributed by atoms with Crippen LogP contribution in [0.15, 0.2) is 46.9 Å². The van der Waals surface area contributed by atoms with Gasteiger partial charge in [-0.25, -0.2) is 0 Å². The number of halogens is 1. The summed E-state index contributed by atoms with van der Waals surface area (Å²) in [4.78, 5) is 23.1. The van der Waals surface area contributed by atoms with Crippen LogP contribution in [-0.2, 0) is 0 Å². The van der Waals surface area contributed by atoms with Crippen LogP contribution in [0.5, 0.6) is 0 Å². The monoisotopic (exact) mass is 341 g/mol. The summed E-state index contributed by atoms with van der Waals surface area (Å²) in [5, 5.41) is 10.9. The average Bonchev–Trinajstić information content (AvgIpc) is 2.38. The van der Waals surface area contributed by atoms with Gasteiger partial charge in [-0.05, 0) is 30.3 Å². The molecular weight excluding hydrogens is 333 g/mol. The molecule has 6 heteroatoms. The molecule has 0 aliphatic rings. The SMILES string of the molecule is Nc1c(C(=O)[O-])cccc1C(=O)c1ccc(Br)cc1.[Na+]. The number of rotatable bonds is 3. The van der Waals surface area contributed by atoms with Crippen molar-refractivity contribution in [2.45, 2.75) is 0 Å². The zero-order chi connectivity index (χ0) is 14.0. The van der Waals surface area contributed by atoms with Crippen LogP contribution in [0.25, 0.3) is 0 Å². The van der Waals surface area contributed by atoms with Gasteiger partial charge < -0.3 is 15.6 Å². The van der Waals surface area contributed by atoms with Crippen LogP contribution < -0.4 is 40.4 Å². The summed E-state index contributed by atoms with van der Waals surface area (Å²) in [5.74, 6) is -1.73. The van der Waals surface area contributed by atoms with Crippen LogP contribution in [0, 0.1) is 0 Å². The van der Waals surface area contributed by atoms with Gasteiger partial charge >= 0.3 is 29.6 Å². The van der Waals surface area contributed by atoms with Gasteiger partial charge in [-0.3, -0.25) is 4.79 Å². The molecule has 0 radical (unpaired) electrons. The summed E-state index contributed by atoms with van der Waals surface area (Å²) in [6.45, 7) is 0. The molecule has 20 heavy (non-hydrogen) atoms. The number of ketones is 1. The van der Waals surface area contributed by atoms with E-state index in [4.69, 9.17) is 5.73 Å². The molecule has 0 atom stereocenters. The van der Waals surface area contributed by atoms with E-state index in [9.17, 15) is 14.7 Å². The van der Waals surface area contributed by atoms with Gasteiger partial charge in [0.2, 0.25) is 0 Å². The summed E-state index contributed by atoms with van der Waals surface area (Å²) < 4.78 is 0.848. The second-order valence-corrected chi connectivity index (χ2v) is 4.81. The number of hydrogen-bond donors (Lipinski definition) is 1. The first-order chi connectivity index (χ1) is 9.00. The van der Waals surface area contributed by atoms with Gasteiger partial charge in [0.1, 0.15) is 0 Å². The molecule has 0 amide bonds. The van der Waals surface area contributed by atoms with E-state index in [1.807, 2.05) is 0 Å². The predicted molar refractivity (Wildman–Crippen MR) is 72.8 cm³/mol. The summed E-state index contributed by atoms with van der Waals surface area (Å²) in [6, 6.07) is 11.0. The van der Waals surface area contributed by atoms with E-state index in [1.165, 1.54) is 18.2 Å². The Hall–Kier alpha value is -1.14. The fourth-order valence-electron chi connectivity index (χ4n) is 1.70. The maximum absolute atomic E-state index is 12.2. The predicted octanol–water partition coefficient (Wildman–Crippen LogP) is -1.37. The normalized spacial score (nSPS) is 9.65. The fraction of sp³-hybridized carbons (Fsp3) is 0. The molecular formula is C14H9BrNNaO3. The van der Waals surface area contributed by atoms with Crippen molar-refractivity contribution in [3.63, 3.8) is 0 Å². The van der Waals surface area contributed by atoms with E-state index in [2.05, 4.69) is 15.9 Å². The fourth-order valence-corrected chi connectivity index (χ4v) is 1.96. The van der Waals surface area contributed by atoms with Gasteiger partial charge in [-0.1, -0.05) is 28.1 Å². The maximum Gasteiger partial charge on any atom is 1.00 e. The van der Waals surface area contributed by atoms with Crippen LogP contribution >= 0.6 is 15.9 Å². The van der Waals surface area contributed by atoms with E-state index in [0.717, 1.165) is 4.47 Å². The second-order valence-electron chi connectivity index (χ2n) is 3.89. The molecule has 0 aliphatic carbocycles. The van der Waals surface area contributed by atoms with E-state index in [-0.39, 0.29) is 52.2 Å². The minimum atomic E-state index is -1.40. The Bertz CT molecular complexity index is 656. The molecule has 0 saturated heterocycles. The molecule has 0 unspecified atom stereocenters. The summed E-state index contributed by atoms with van der Waals surface area (Å²) >= 11 is 3.27. The molecule has 2 aromatic rings. The van der Waals surface area contributed by atoms with E-state index in [1.54, 1.807) is 24.3 Å². The van der Waals surface area contributed by atoms with Crippen molar-refractivity contribution in [1.29, 1.82) is 0 Å². The summed E-state index contributed by atoms with van der Waals surface area (Å²) in [6.07, 6.45) is 0. The zero-order valence-electron chi connectivity index (χ0n) is 10.7. The largest absolute Gasteiger partial charge is 1.00 e. The van der Waals surface area contributed by atoms with Crippen LogP contribution in [0.2, 0.25) is 0 Å². The molecule has 2 aromatic carbocycles. The van der Waals surface area contributed by atoms with E-state index >= 15 is 0 Å². The molecule has 0 saturated carbocycles. The van der Waals surface area contributed by atoms with Crippen LogP contribution in [0.4, 0.5) is 5.69 Å². The molecule has 0 spiro atoms. The van der Waals surface area contributed by atoms with Crippen molar-refractivity contribution in [2.24, 2.45) is 0 Å². The van der Waals surface area contributed by atoms with Gasteiger partial charge in [0, 0.05) is 21.2 Å². The van der Waals surface area contributed by atoms with Crippen molar-refractivity contribution in [3.8, 4) is 0 Å². The van der Waals surface area contributed by atoms with Crippen molar-refractivity contribution in [1.82, 2.24) is 0 Å². The molecule has 4 nitrogen and oxygen atoms in total. The zero-order valence-corrected chi connectivity index (χ0v) is 14.3. The molecule has 0 aliphatic heterocycles. The molecule has 0 aromatic heterocycles. The van der Waals surface area contributed by atoms with Gasteiger partial charge in [0.05, 0.1) is 11.7 Å². The number of carboxylic acid groups (broad SMARTS) is 1. The average molecular weight is 342 g/mol. The Morgan fingerprint density at radius 2 is 1.55 bits per heavy atom. The van der Waals surface area contributed by atoms with Gasteiger partial charge in [0.25, 0.3) is 0 Å². The number of para-hydroxylation sites is 1. The number of nitrogen functional groups attached to an aromatic ring is 1. The molecule has 0 bridgehead atoms. The third-order valence-electron chi connectivity index (χ3n) is 2.68. The van der Waals surface area contributed by atoms with Crippen molar-refractivity contribution < 1.29 is 44.3 Å². The number of carboxylic acids is 1. The van der Waals surface area contributed by atoms with Crippen molar-refractivity contribution >= 4 is 33.4 Å². The Kier molecular flexibility index (Phi) is 5.95. The standard InChI is InChI=1S/C14H10BrNO3.Na/c15-9-6-4-8(5-7-9)13(17)10-2-1-3-11(12(10)16)14(18)19;/h1-7H,16H2,(H,18,19);/q;+1/p-1. The molecule has 2 N–H and O–H groups in total.